The molecule has 1 aliphatic carbocycles. The van der Waals surface area contributed by atoms with Crippen LogP contribution in [0.15, 0.2) is 48.5 Å². The number of ether oxygens (including phenoxy) is 1. The van der Waals surface area contributed by atoms with Gasteiger partial charge in [0.15, 0.2) is 5.41 Å². The fraction of sp³-hybridized carbons (Fsp3) is 0.333. The van der Waals surface area contributed by atoms with Crippen molar-refractivity contribution in [3.8, 4) is 11.1 Å². The van der Waals surface area contributed by atoms with Crippen LogP contribution < -0.4 is 5.32 Å². The highest BCUT2D eigenvalue weighted by atomic mass is 16.5. The van der Waals surface area contributed by atoms with E-state index in [4.69, 9.17) is 4.74 Å². The van der Waals surface area contributed by atoms with Crippen LogP contribution in [-0.2, 0) is 14.3 Å². The number of hydrogen-bond donors (Lipinski definition) is 2. The fourth-order valence-corrected chi connectivity index (χ4v) is 3.69. The summed E-state index contributed by atoms with van der Waals surface area (Å²) in [5.41, 5.74) is 2.92. The van der Waals surface area contributed by atoms with E-state index in [2.05, 4.69) is 17.4 Å². The Hall–Kier alpha value is -2.66. The molecule has 0 amide bonds. The van der Waals surface area contributed by atoms with Crippen molar-refractivity contribution in [2.75, 3.05) is 20.2 Å². The molecule has 2 N–H and O–H groups in total. The van der Waals surface area contributed by atoms with E-state index in [1.165, 1.54) is 0 Å². The number of fused-ring (bicyclic) bond motifs is 3. The standard InChI is InChI=1S/C21H23NO4/c1-3-21(13-22-2,19(23)24)20(25)26-12-18-16-10-6-4-8-14(16)15-9-5-7-11-17(15)18/h4-11,18,22H,3,12-13H2,1-2H3,(H,23,24)/t21-/m1/s1. The zero-order chi connectivity index (χ0) is 18.7. The molecule has 0 unspecified atom stereocenters. The zero-order valence-corrected chi connectivity index (χ0v) is 15.0. The Morgan fingerprint density at radius 2 is 1.62 bits per heavy atom. The largest absolute Gasteiger partial charge is 0.480 e. The third kappa shape index (κ3) is 2.88. The van der Waals surface area contributed by atoms with Crippen molar-refractivity contribution < 1.29 is 19.4 Å². The summed E-state index contributed by atoms with van der Waals surface area (Å²) in [5, 5.41) is 12.4. The van der Waals surface area contributed by atoms with Gasteiger partial charge in [0.25, 0.3) is 0 Å². The van der Waals surface area contributed by atoms with Gasteiger partial charge >= 0.3 is 11.9 Å². The van der Waals surface area contributed by atoms with Crippen molar-refractivity contribution in [3.63, 3.8) is 0 Å². The highest BCUT2D eigenvalue weighted by molar-refractivity contribution is 5.99. The summed E-state index contributed by atoms with van der Waals surface area (Å²) in [6.07, 6.45) is 0.167. The molecule has 1 atom stereocenters. The van der Waals surface area contributed by atoms with Crippen molar-refractivity contribution in [3.05, 3.63) is 59.7 Å². The number of carbonyl (C=O) groups excluding carboxylic acids is 1. The van der Waals surface area contributed by atoms with Crippen LogP contribution in [0.3, 0.4) is 0 Å². The molecule has 2 aromatic carbocycles. The van der Waals surface area contributed by atoms with Crippen LogP contribution in [0.1, 0.15) is 30.4 Å². The number of rotatable bonds is 7. The van der Waals surface area contributed by atoms with Gasteiger partial charge in [0.05, 0.1) is 0 Å². The van der Waals surface area contributed by atoms with Gasteiger partial charge in [-0.2, -0.15) is 0 Å². The van der Waals surface area contributed by atoms with E-state index in [9.17, 15) is 14.7 Å². The molecule has 5 nitrogen and oxygen atoms in total. The quantitative estimate of drug-likeness (QED) is 0.591. The zero-order valence-electron chi connectivity index (χ0n) is 15.0. The van der Waals surface area contributed by atoms with Gasteiger partial charge in [0.1, 0.15) is 6.61 Å². The minimum absolute atomic E-state index is 0.0372. The minimum atomic E-state index is -1.56. The first-order valence-electron chi connectivity index (χ1n) is 8.78. The van der Waals surface area contributed by atoms with E-state index >= 15 is 0 Å². The van der Waals surface area contributed by atoms with Crippen LogP contribution >= 0.6 is 0 Å². The average Bonchev–Trinajstić information content (AvgIpc) is 2.98. The van der Waals surface area contributed by atoms with Gasteiger partial charge in [-0.05, 0) is 35.7 Å². The van der Waals surface area contributed by atoms with E-state index in [1.807, 2.05) is 36.4 Å². The van der Waals surface area contributed by atoms with Crippen LogP contribution in [0.5, 0.6) is 0 Å². The maximum Gasteiger partial charge on any atom is 0.324 e. The molecule has 0 heterocycles. The van der Waals surface area contributed by atoms with Gasteiger partial charge in [-0.15, -0.1) is 0 Å². The number of carboxylic acid groups (broad SMARTS) is 1. The van der Waals surface area contributed by atoms with E-state index in [-0.39, 0.29) is 25.5 Å². The summed E-state index contributed by atoms with van der Waals surface area (Å²) >= 11 is 0. The lowest BCUT2D eigenvalue weighted by atomic mass is 9.85. The molecule has 26 heavy (non-hydrogen) atoms. The first-order valence-corrected chi connectivity index (χ1v) is 8.78. The molecule has 1 aliphatic rings. The van der Waals surface area contributed by atoms with Gasteiger partial charge in [-0.3, -0.25) is 9.59 Å². The molecule has 5 heteroatoms. The first-order chi connectivity index (χ1) is 12.5. The molecule has 0 bridgehead atoms. The molecule has 0 aromatic heterocycles. The first kappa shape index (κ1) is 18.1. The molecule has 0 saturated carbocycles. The van der Waals surface area contributed by atoms with Crippen LogP contribution in [0, 0.1) is 5.41 Å². The summed E-state index contributed by atoms with van der Waals surface area (Å²) in [7, 11) is 1.63. The molecular weight excluding hydrogens is 330 g/mol. The smallest absolute Gasteiger partial charge is 0.324 e. The van der Waals surface area contributed by atoms with Crippen molar-refractivity contribution in [1.82, 2.24) is 5.32 Å². The predicted octanol–water partition coefficient (Wildman–Crippen LogP) is 3.04. The van der Waals surface area contributed by atoms with Gasteiger partial charge in [0.2, 0.25) is 0 Å². The summed E-state index contributed by atoms with van der Waals surface area (Å²) < 4.78 is 5.55. The Balaban J connectivity index is 1.86. The minimum Gasteiger partial charge on any atom is -0.480 e. The highest BCUT2D eigenvalue weighted by Crippen LogP contribution is 2.44. The Labute approximate surface area is 153 Å². The van der Waals surface area contributed by atoms with Crippen molar-refractivity contribution in [1.29, 1.82) is 0 Å². The monoisotopic (exact) mass is 353 g/mol. The predicted molar refractivity (Wildman–Crippen MR) is 99.0 cm³/mol. The van der Waals surface area contributed by atoms with Crippen LogP contribution in [-0.4, -0.2) is 37.2 Å². The maximum atomic E-state index is 12.7. The third-order valence-electron chi connectivity index (χ3n) is 5.23. The van der Waals surface area contributed by atoms with Crippen molar-refractivity contribution in [2.24, 2.45) is 5.41 Å². The molecule has 0 radical (unpaired) electrons. The van der Waals surface area contributed by atoms with E-state index in [1.54, 1.807) is 14.0 Å². The van der Waals surface area contributed by atoms with Crippen molar-refractivity contribution in [2.45, 2.75) is 19.3 Å². The van der Waals surface area contributed by atoms with Crippen LogP contribution in [0.2, 0.25) is 0 Å². The third-order valence-corrected chi connectivity index (χ3v) is 5.23. The Morgan fingerprint density at radius 3 is 2.08 bits per heavy atom. The molecule has 0 aliphatic heterocycles. The lowest BCUT2D eigenvalue weighted by Gasteiger charge is -2.26. The number of benzene rings is 2. The number of aliphatic carboxylic acids is 1. The lowest BCUT2D eigenvalue weighted by Crippen LogP contribution is -2.47. The summed E-state index contributed by atoms with van der Waals surface area (Å²) in [5.74, 6) is -1.93. The molecule has 136 valence electrons. The van der Waals surface area contributed by atoms with Gasteiger partial charge in [-0.1, -0.05) is 55.5 Å². The second-order valence-electron chi connectivity index (χ2n) is 6.60. The maximum absolute atomic E-state index is 12.7. The van der Waals surface area contributed by atoms with E-state index in [0.29, 0.717) is 0 Å². The number of carbonyl (C=O) groups is 2. The number of esters is 1. The van der Waals surface area contributed by atoms with Crippen LogP contribution in [0.4, 0.5) is 0 Å². The molecule has 0 saturated heterocycles. The highest BCUT2D eigenvalue weighted by Gasteiger charge is 2.46. The SMILES string of the molecule is CC[C@@](CNC)(C(=O)O)C(=O)OCC1c2ccccc2-c2ccccc21. The molecular formula is C21H23NO4. The Kier molecular flexibility index (Phi) is 5.09. The second kappa shape index (κ2) is 7.30. The van der Waals surface area contributed by atoms with Gasteiger partial charge < -0.3 is 15.2 Å². The number of carboxylic acids is 1. The van der Waals surface area contributed by atoms with Crippen molar-refractivity contribution >= 4 is 11.9 Å². The second-order valence-corrected chi connectivity index (χ2v) is 6.60. The lowest BCUT2D eigenvalue weighted by molar-refractivity contribution is -0.169. The van der Waals surface area contributed by atoms with E-state index in [0.717, 1.165) is 22.3 Å². The number of hydrogen-bond acceptors (Lipinski definition) is 4. The summed E-state index contributed by atoms with van der Waals surface area (Å²) in [4.78, 5) is 24.4. The fourth-order valence-electron chi connectivity index (χ4n) is 3.69. The molecule has 3 rings (SSSR count). The van der Waals surface area contributed by atoms with Gasteiger partial charge in [0, 0.05) is 12.5 Å². The Bertz CT molecular complexity index is 787. The van der Waals surface area contributed by atoms with E-state index < -0.39 is 17.4 Å². The molecule has 0 fully saturated rings. The van der Waals surface area contributed by atoms with Crippen LogP contribution in [0.25, 0.3) is 11.1 Å². The summed E-state index contributed by atoms with van der Waals surface area (Å²) in [6, 6.07) is 16.1. The topological polar surface area (TPSA) is 75.6 Å². The molecule has 0 spiro atoms. The Morgan fingerprint density at radius 1 is 1.08 bits per heavy atom. The number of nitrogens with one attached hydrogen (secondary N) is 1. The van der Waals surface area contributed by atoms with Gasteiger partial charge in [-0.25, -0.2) is 0 Å². The molecule has 2 aromatic rings. The normalized spacial score (nSPS) is 15.0. The average molecular weight is 353 g/mol. The summed E-state index contributed by atoms with van der Waals surface area (Å²) in [6.45, 7) is 1.86.